The summed E-state index contributed by atoms with van der Waals surface area (Å²) < 4.78 is 13.1. The lowest BCUT2D eigenvalue weighted by Gasteiger charge is -2.26. The molecule has 0 saturated carbocycles. The molecule has 9 heteroatoms. The van der Waals surface area contributed by atoms with Crippen molar-refractivity contribution in [2.24, 2.45) is 0 Å². The van der Waals surface area contributed by atoms with Crippen molar-refractivity contribution in [1.82, 2.24) is 29.7 Å². The first kappa shape index (κ1) is 20.0. The van der Waals surface area contributed by atoms with Gasteiger partial charge in [0.2, 0.25) is 0 Å². The molecule has 0 radical (unpaired) electrons. The Bertz CT molecular complexity index is 1320. The zero-order chi connectivity index (χ0) is 22.4. The Balaban J connectivity index is 1.23. The summed E-state index contributed by atoms with van der Waals surface area (Å²) in [4.78, 5) is 20.2. The van der Waals surface area contributed by atoms with E-state index in [2.05, 4.69) is 42.9 Å². The highest BCUT2D eigenvalue weighted by molar-refractivity contribution is 5.80. The van der Waals surface area contributed by atoms with Crippen LogP contribution in [0.15, 0.2) is 43.2 Å². The Morgan fingerprint density at radius 1 is 1.12 bits per heavy atom. The minimum Gasteiger partial charge on any atom is -0.493 e. The van der Waals surface area contributed by atoms with Gasteiger partial charge in [0, 0.05) is 72.7 Å². The highest BCUT2D eigenvalue weighted by Gasteiger charge is 2.24. The number of aromatic nitrogens is 6. The van der Waals surface area contributed by atoms with E-state index in [-0.39, 0.29) is 12.0 Å². The van der Waals surface area contributed by atoms with E-state index in [1.807, 2.05) is 42.6 Å². The fraction of sp³-hybridized carbons (Fsp3) is 0.375. The SMILES string of the molecule is CC(CN(C)c1cc(-c2cnc3c(cnn3C3COC3)c2)ncn1)c1cncc2c1OCC2. The molecule has 0 N–H and O–H groups in total. The van der Waals surface area contributed by atoms with Crippen LogP contribution in [-0.2, 0) is 11.2 Å². The quantitative estimate of drug-likeness (QED) is 0.449. The Kier molecular flexibility index (Phi) is 4.91. The van der Waals surface area contributed by atoms with Crippen molar-refractivity contribution < 1.29 is 9.47 Å². The van der Waals surface area contributed by atoms with Gasteiger partial charge in [0.15, 0.2) is 5.65 Å². The lowest BCUT2D eigenvalue weighted by atomic mass is 9.99. The standard InChI is InChI=1S/C24H25N7O2/c1-15(20-10-25-7-16-3-4-33-23(16)20)11-30(2)22-6-21(27-14-28-22)17-5-18-9-29-31(19-12-32-13-19)24(18)26-8-17/h5-10,14-15,19H,3-4,11-13H2,1-2H3. The summed E-state index contributed by atoms with van der Waals surface area (Å²) in [6, 6.07) is 4.36. The van der Waals surface area contributed by atoms with E-state index in [4.69, 9.17) is 9.47 Å². The fourth-order valence-corrected chi connectivity index (χ4v) is 4.51. The molecule has 1 atom stereocenters. The van der Waals surface area contributed by atoms with Crippen molar-refractivity contribution in [3.05, 3.63) is 54.4 Å². The molecule has 0 aliphatic carbocycles. The normalized spacial score (nSPS) is 16.3. The van der Waals surface area contributed by atoms with Crippen molar-refractivity contribution in [3.8, 4) is 17.0 Å². The van der Waals surface area contributed by atoms with E-state index < -0.39 is 0 Å². The summed E-state index contributed by atoms with van der Waals surface area (Å²) in [5.74, 6) is 2.10. The topological polar surface area (TPSA) is 91.1 Å². The fourth-order valence-electron chi connectivity index (χ4n) is 4.51. The van der Waals surface area contributed by atoms with Crippen molar-refractivity contribution in [2.75, 3.05) is 38.3 Å². The van der Waals surface area contributed by atoms with Gasteiger partial charge in [-0.25, -0.2) is 19.6 Å². The second kappa shape index (κ2) is 8.08. The first-order valence-corrected chi connectivity index (χ1v) is 11.2. The molecule has 1 unspecified atom stereocenters. The second-order valence-electron chi connectivity index (χ2n) is 8.78. The lowest BCUT2D eigenvalue weighted by molar-refractivity contribution is -0.0269. The maximum atomic E-state index is 5.87. The van der Waals surface area contributed by atoms with Gasteiger partial charge < -0.3 is 14.4 Å². The molecular formula is C24H25N7O2. The van der Waals surface area contributed by atoms with Crippen LogP contribution in [0.3, 0.4) is 0 Å². The van der Waals surface area contributed by atoms with Crippen molar-refractivity contribution >= 4 is 16.9 Å². The average Bonchev–Trinajstić information content (AvgIpc) is 3.45. The molecule has 2 aliphatic rings. The van der Waals surface area contributed by atoms with Crippen molar-refractivity contribution in [2.45, 2.75) is 25.3 Å². The highest BCUT2D eigenvalue weighted by Crippen LogP contribution is 2.34. The van der Waals surface area contributed by atoms with Gasteiger partial charge in [0.25, 0.3) is 0 Å². The third-order valence-electron chi connectivity index (χ3n) is 6.43. The summed E-state index contributed by atoms with van der Waals surface area (Å²) in [6.45, 7) is 5.09. The first-order valence-electron chi connectivity index (χ1n) is 11.2. The van der Waals surface area contributed by atoms with Gasteiger partial charge >= 0.3 is 0 Å². The largest absolute Gasteiger partial charge is 0.493 e. The Labute approximate surface area is 191 Å². The molecule has 1 saturated heterocycles. The lowest BCUT2D eigenvalue weighted by Crippen LogP contribution is -2.31. The first-order chi connectivity index (χ1) is 16.2. The molecular weight excluding hydrogens is 418 g/mol. The van der Waals surface area contributed by atoms with Crippen LogP contribution >= 0.6 is 0 Å². The molecule has 2 aliphatic heterocycles. The predicted octanol–water partition coefficient (Wildman–Crippen LogP) is 3.03. The second-order valence-corrected chi connectivity index (χ2v) is 8.78. The van der Waals surface area contributed by atoms with E-state index in [0.29, 0.717) is 13.2 Å². The molecule has 168 valence electrons. The van der Waals surface area contributed by atoms with Gasteiger partial charge in [-0.1, -0.05) is 6.92 Å². The summed E-state index contributed by atoms with van der Waals surface area (Å²) >= 11 is 0. The van der Waals surface area contributed by atoms with Gasteiger partial charge in [-0.2, -0.15) is 5.10 Å². The summed E-state index contributed by atoms with van der Waals surface area (Å²) in [5.41, 5.74) is 4.99. The van der Waals surface area contributed by atoms with E-state index in [1.165, 1.54) is 5.56 Å². The monoisotopic (exact) mass is 443 g/mol. The number of fused-ring (bicyclic) bond motifs is 2. The number of anilines is 1. The average molecular weight is 444 g/mol. The number of nitrogens with zero attached hydrogens (tertiary/aromatic N) is 7. The number of likely N-dealkylation sites (N-methyl/N-ethyl adjacent to an activating group) is 1. The van der Waals surface area contributed by atoms with Crippen LogP contribution in [-0.4, -0.2) is 63.1 Å². The Hall–Kier alpha value is -3.59. The molecule has 4 aromatic heterocycles. The van der Waals surface area contributed by atoms with E-state index in [0.717, 1.165) is 59.0 Å². The maximum Gasteiger partial charge on any atom is 0.158 e. The third kappa shape index (κ3) is 3.58. The van der Waals surface area contributed by atoms with Crippen LogP contribution < -0.4 is 9.64 Å². The van der Waals surface area contributed by atoms with Gasteiger partial charge in [-0.05, 0) is 6.07 Å². The van der Waals surface area contributed by atoms with Gasteiger partial charge in [-0.15, -0.1) is 0 Å². The Morgan fingerprint density at radius 3 is 2.88 bits per heavy atom. The summed E-state index contributed by atoms with van der Waals surface area (Å²) in [5, 5.41) is 5.49. The molecule has 0 bridgehead atoms. The smallest absolute Gasteiger partial charge is 0.158 e. The van der Waals surface area contributed by atoms with Gasteiger partial charge in [0.05, 0.1) is 31.7 Å². The molecule has 4 aromatic rings. The van der Waals surface area contributed by atoms with Crippen LogP contribution in [0.25, 0.3) is 22.3 Å². The third-order valence-corrected chi connectivity index (χ3v) is 6.43. The van der Waals surface area contributed by atoms with Crippen molar-refractivity contribution in [3.63, 3.8) is 0 Å². The van der Waals surface area contributed by atoms with Crippen molar-refractivity contribution in [1.29, 1.82) is 0 Å². The van der Waals surface area contributed by atoms with Gasteiger partial charge in [0.1, 0.15) is 23.9 Å². The molecule has 0 amide bonds. The van der Waals surface area contributed by atoms with Crippen LogP contribution in [0.5, 0.6) is 5.75 Å². The van der Waals surface area contributed by atoms with E-state index in [9.17, 15) is 0 Å². The predicted molar refractivity (Wildman–Crippen MR) is 124 cm³/mol. The Morgan fingerprint density at radius 2 is 2.03 bits per heavy atom. The van der Waals surface area contributed by atoms with Gasteiger partial charge in [-0.3, -0.25) is 4.98 Å². The van der Waals surface area contributed by atoms with Crippen LogP contribution in [0.4, 0.5) is 5.82 Å². The number of hydrogen-bond acceptors (Lipinski definition) is 8. The van der Waals surface area contributed by atoms with E-state index >= 15 is 0 Å². The zero-order valence-electron chi connectivity index (χ0n) is 18.7. The molecule has 6 rings (SSSR count). The van der Waals surface area contributed by atoms with Crippen LogP contribution in [0.1, 0.15) is 30.0 Å². The minimum absolute atomic E-state index is 0.244. The number of rotatable bonds is 6. The maximum absolute atomic E-state index is 5.87. The number of hydrogen-bond donors (Lipinski definition) is 0. The van der Waals surface area contributed by atoms with Crippen LogP contribution in [0.2, 0.25) is 0 Å². The number of pyridine rings is 2. The number of ether oxygens (including phenoxy) is 2. The zero-order valence-corrected chi connectivity index (χ0v) is 18.7. The molecule has 33 heavy (non-hydrogen) atoms. The molecule has 0 aromatic carbocycles. The molecule has 9 nitrogen and oxygen atoms in total. The summed E-state index contributed by atoms with van der Waals surface area (Å²) in [7, 11) is 2.05. The molecule has 0 spiro atoms. The highest BCUT2D eigenvalue weighted by atomic mass is 16.5. The summed E-state index contributed by atoms with van der Waals surface area (Å²) in [6.07, 6.45) is 10.1. The minimum atomic E-state index is 0.244. The van der Waals surface area contributed by atoms with E-state index in [1.54, 1.807) is 6.33 Å². The van der Waals surface area contributed by atoms with Crippen LogP contribution in [0, 0.1) is 0 Å². The molecule has 6 heterocycles. The molecule has 1 fully saturated rings.